The Morgan fingerprint density at radius 3 is 2.14 bits per heavy atom. The first-order valence-corrected chi connectivity index (χ1v) is 12.8. The summed E-state index contributed by atoms with van der Waals surface area (Å²) in [5, 5.41) is 18.3. The predicted molar refractivity (Wildman–Crippen MR) is 158 cm³/mol. The van der Waals surface area contributed by atoms with E-state index in [9.17, 15) is 29.3 Å². The molecule has 4 rings (SSSR count). The lowest BCUT2D eigenvalue weighted by Gasteiger charge is -2.11. The van der Waals surface area contributed by atoms with Gasteiger partial charge in [0.05, 0.1) is 23.8 Å². The van der Waals surface area contributed by atoms with Crippen LogP contribution >= 0.6 is 0 Å². The quantitative estimate of drug-likeness (QED) is 0.0859. The lowest BCUT2D eigenvalue weighted by molar-refractivity contribution is -0.385. The zero-order valence-electron chi connectivity index (χ0n) is 23.3. The van der Waals surface area contributed by atoms with Crippen LogP contribution in [0.5, 0.6) is 17.2 Å². The molecule has 13 nitrogen and oxygen atoms in total. The topological polar surface area (TPSA) is 176 Å². The van der Waals surface area contributed by atoms with E-state index in [4.69, 9.17) is 14.2 Å². The number of hydrogen-bond donors (Lipinski definition) is 2. The fourth-order valence-electron chi connectivity index (χ4n) is 3.81. The minimum absolute atomic E-state index is 0.0234. The molecular formula is C31H24N4O9. The van der Waals surface area contributed by atoms with E-state index in [2.05, 4.69) is 15.8 Å². The number of nitrogens with zero attached hydrogens (tertiary/aromatic N) is 2. The Morgan fingerprint density at radius 2 is 1.48 bits per heavy atom. The normalized spacial score (nSPS) is 10.5. The first kappa shape index (κ1) is 30.6. The zero-order valence-corrected chi connectivity index (χ0v) is 23.3. The second-order valence-corrected chi connectivity index (χ2v) is 8.90. The third kappa shape index (κ3) is 7.67. The fourth-order valence-corrected chi connectivity index (χ4v) is 3.81. The molecule has 0 aromatic heterocycles. The molecule has 4 aromatic rings. The van der Waals surface area contributed by atoms with Gasteiger partial charge in [-0.05, 0) is 60.7 Å². The average molecular weight is 597 g/mol. The van der Waals surface area contributed by atoms with Crippen molar-refractivity contribution >= 4 is 41.3 Å². The van der Waals surface area contributed by atoms with E-state index in [0.717, 1.165) is 12.3 Å². The third-order valence-electron chi connectivity index (χ3n) is 5.88. The molecule has 4 aromatic carbocycles. The number of nitro benzene ring substituents is 1. The monoisotopic (exact) mass is 596 g/mol. The van der Waals surface area contributed by atoms with Gasteiger partial charge in [0, 0.05) is 35.4 Å². The van der Waals surface area contributed by atoms with Gasteiger partial charge in [0.2, 0.25) is 5.75 Å². The van der Waals surface area contributed by atoms with Gasteiger partial charge in [-0.25, -0.2) is 10.2 Å². The molecule has 0 unspecified atom stereocenters. The Hall–Kier alpha value is -6.37. The van der Waals surface area contributed by atoms with E-state index >= 15 is 0 Å². The summed E-state index contributed by atoms with van der Waals surface area (Å²) in [5.41, 5.74) is 2.93. The smallest absolute Gasteiger partial charge is 0.343 e. The van der Waals surface area contributed by atoms with Gasteiger partial charge >= 0.3 is 17.6 Å². The van der Waals surface area contributed by atoms with E-state index in [1.807, 2.05) is 0 Å². The maximum absolute atomic E-state index is 12.9. The highest BCUT2D eigenvalue weighted by Crippen LogP contribution is 2.32. The first-order chi connectivity index (χ1) is 21.2. The van der Waals surface area contributed by atoms with Crippen molar-refractivity contribution in [3.8, 4) is 17.2 Å². The number of benzene rings is 4. The van der Waals surface area contributed by atoms with E-state index in [1.165, 1.54) is 56.5 Å². The number of hydrogen-bond acceptors (Lipinski definition) is 10. The molecule has 0 atom stereocenters. The Balaban J connectivity index is 1.47. The van der Waals surface area contributed by atoms with Gasteiger partial charge < -0.3 is 19.5 Å². The molecule has 0 saturated carbocycles. The summed E-state index contributed by atoms with van der Waals surface area (Å²) >= 11 is 0. The first-order valence-electron chi connectivity index (χ1n) is 12.8. The van der Waals surface area contributed by atoms with Crippen molar-refractivity contribution in [3.63, 3.8) is 0 Å². The molecule has 0 radical (unpaired) electrons. The number of ether oxygens (including phenoxy) is 3. The molecule has 2 N–H and O–H groups in total. The number of rotatable bonds is 10. The Kier molecular flexibility index (Phi) is 9.73. The Morgan fingerprint density at radius 1 is 0.795 bits per heavy atom. The van der Waals surface area contributed by atoms with Crippen molar-refractivity contribution in [2.45, 2.75) is 6.92 Å². The minimum Gasteiger partial charge on any atom is -0.493 e. The lowest BCUT2D eigenvalue weighted by atomic mass is 10.1. The van der Waals surface area contributed by atoms with Gasteiger partial charge in [-0.3, -0.25) is 24.5 Å². The zero-order chi connectivity index (χ0) is 31.6. The van der Waals surface area contributed by atoms with Crippen molar-refractivity contribution < 1.29 is 38.3 Å². The summed E-state index contributed by atoms with van der Waals surface area (Å²) in [4.78, 5) is 60.1. The fraction of sp³-hybridized carbons (Fsp3) is 0.0645. The van der Waals surface area contributed by atoms with E-state index in [-0.39, 0.29) is 34.1 Å². The molecule has 2 amide bonds. The second kappa shape index (κ2) is 14.0. The number of carbonyl (C=O) groups is 4. The molecular weight excluding hydrogens is 572 g/mol. The maximum atomic E-state index is 12.9. The van der Waals surface area contributed by atoms with Crippen molar-refractivity contribution in [2.24, 2.45) is 5.10 Å². The molecule has 44 heavy (non-hydrogen) atoms. The van der Waals surface area contributed by atoms with Crippen LogP contribution in [0.15, 0.2) is 96.1 Å². The highest BCUT2D eigenvalue weighted by atomic mass is 16.6. The summed E-state index contributed by atoms with van der Waals surface area (Å²) in [7, 11) is 1.31. The van der Waals surface area contributed by atoms with Gasteiger partial charge in [-0.15, -0.1) is 0 Å². The molecule has 0 bridgehead atoms. The largest absolute Gasteiger partial charge is 0.493 e. The van der Waals surface area contributed by atoms with Crippen LogP contribution in [0.1, 0.15) is 43.6 Å². The van der Waals surface area contributed by atoms with Crippen LogP contribution in [-0.2, 0) is 4.79 Å². The molecule has 0 heterocycles. The number of nitrogens with one attached hydrogen (secondary N) is 2. The van der Waals surface area contributed by atoms with Crippen LogP contribution in [-0.4, -0.2) is 42.0 Å². The standard InChI is InChI=1S/C31H24N4O9/c1-19(36)43-26-16-13-22(17-27(26)42-2)31(39)44-28-23(9-6-10-25(28)35(40)41)18-32-34-30(38)21-11-14-24(15-12-21)33-29(37)20-7-4-3-5-8-20/h3-18H,1-2H3,(H,33,37)(H,34,38)/b32-18+. The van der Waals surface area contributed by atoms with Crippen molar-refractivity contribution in [3.05, 3.63) is 123 Å². The van der Waals surface area contributed by atoms with E-state index in [1.54, 1.807) is 42.5 Å². The van der Waals surface area contributed by atoms with Crippen molar-refractivity contribution in [1.29, 1.82) is 0 Å². The van der Waals surface area contributed by atoms with E-state index < -0.39 is 34.2 Å². The minimum atomic E-state index is -0.967. The molecule has 0 fully saturated rings. The number of carbonyl (C=O) groups excluding carboxylic acids is 4. The summed E-state index contributed by atoms with van der Waals surface area (Å²) < 4.78 is 15.6. The number of esters is 2. The molecule has 0 spiro atoms. The lowest BCUT2D eigenvalue weighted by Crippen LogP contribution is -2.18. The van der Waals surface area contributed by atoms with Crippen molar-refractivity contribution in [1.82, 2.24) is 5.43 Å². The SMILES string of the molecule is COc1cc(C(=O)Oc2c(/C=N/NC(=O)c3ccc(NC(=O)c4ccccc4)cc3)cccc2[N+](=O)[O-])ccc1OC(C)=O. The molecule has 13 heteroatoms. The predicted octanol–water partition coefficient (Wildman–Crippen LogP) is 4.76. The number of nitro groups is 1. The van der Waals surface area contributed by atoms with Gasteiger partial charge in [0.1, 0.15) is 0 Å². The van der Waals surface area contributed by atoms with Crippen LogP contribution in [0.25, 0.3) is 0 Å². The summed E-state index contributed by atoms with van der Waals surface area (Å²) in [5.74, 6) is -2.76. The molecule has 0 aliphatic heterocycles. The van der Waals surface area contributed by atoms with Gasteiger partial charge in [0.15, 0.2) is 11.5 Å². The van der Waals surface area contributed by atoms with Crippen LogP contribution in [0.2, 0.25) is 0 Å². The molecule has 0 saturated heterocycles. The number of methoxy groups -OCH3 is 1. The van der Waals surface area contributed by atoms with Crippen LogP contribution in [0.4, 0.5) is 11.4 Å². The van der Waals surface area contributed by atoms with Gasteiger partial charge in [-0.1, -0.05) is 24.3 Å². The third-order valence-corrected chi connectivity index (χ3v) is 5.88. The molecule has 0 aliphatic rings. The highest BCUT2D eigenvalue weighted by molar-refractivity contribution is 6.04. The van der Waals surface area contributed by atoms with Gasteiger partial charge in [0.25, 0.3) is 11.8 Å². The Bertz CT molecular complexity index is 1750. The number of amides is 2. The molecule has 0 aliphatic carbocycles. The number of anilines is 1. The van der Waals surface area contributed by atoms with Crippen molar-refractivity contribution in [2.75, 3.05) is 12.4 Å². The maximum Gasteiger partial charge on any atom is 0.343 e. The van der Waals surface area contributed by atoms with Crippen LogP contribution < -0.4 is 25.0 Å². The summed E-state index contributed by atoms with van der Waals surface area (Å²) in [6.07, 6.45) is 1.09. The number of para-hydroxylation sites is 1. The second-order valence-electron chi connectivity index (χ2n) is 8.90. The van der Waals surface area contributed by atoms with Crippen LogP contribution in [0.3, 0.4) is 0 Å². The highest BCUT2D eigenvalue weighted by Gasteiger charge is 2.23. The van der Waals surface area contributed by atoms with Crippen LogP contribution in [0, 0.1) is 10.1 Å². The summed E-state index contributed by atoms with van der Waals surface area (Å²) in [6, 6.07) is 22.4. The number of hydrazone groups is 1. The molecule has 222 valence electrons. The van der Waals surface area contributed by atoms with E-state index in [0.29, 0.717) is 11.3 Å². The Labute approximate surface area is 250 Å². The average Bonchev–Trinajstić information content (AvgIpc) is 3.02. The van der Waals surface area contributed by atoms with Gasteiger partial charge in [-0.2, -0.15) is 5.10 Å². The summed E-state index contributed by atoms with van der Waals surface area (Å²) in [6.45, 7) is 1.20.